The van der Waals surface area contributed by atoms with Gasteiger partial charge in [-0.3, -0.25) is 0 Å². The maximum Gasteiger partial charge on any atom is 0.0838 e. The molecule has 0 aliphatic carbocycles. The van der Waals surface area contributed by atoms with Crippen molar-refractivity contribution in [2.24, 2.45) is 0 Å². The van der Waals surface area contributed by atoms with Crippen LogP contribution in [0.1, 0.15) is 16.5 Å². The molecule has 0 saturated carbocycles. The van der Waals surface area contributed by atoms with Gasteiger partial charge >= 0.3 is 0 Å². The van der Waals surface area contributed by atoms with E-state index in [9.17, 15) is 5.11 Å². The number of halogens is 1. The van der Waals surface area contributed by atoms with E-state index in [1.165, 1.54) is 4.88 Å². The molecule has 3 heteroatoms. The highest BCUT2D eigenvalue weighted by Gasteiger charge is 2.09. The summed E-state index contributed by atoms with van der Waals surface area (Å²) >= 11 is 3.95. The maximum absolute atomic E-state index is 10.0. The van der Waals surface area contributed by atoms with Crippen molar-refractivity contribution < 1.29 is 5.11 Å². The summed E-state index contributed by atoms with van der Waals surface area (Å²) in [4.78, 5) is 1.22. The first-order valence-corrected chi connectivity index (χ1v) is 6.67. The minimum absolute atomic E-state index is 0.390. The first-order valence-electron chi connectivity index (χ1n) is 4.71. The Kier molecular flexibility index (Phi) is 3.77. The van der Waals surface area contributed by atoms with Gasteiger partial charge in [-0.25, -0.2) is 0 Å². The van der Waals surface area contributed by atoms with Crippen molar-refractivity contribution in [3.05, 3.63) is 55.8 Å². The van der Waals surface area contributed by atoms with Gasteiger partial charge in [-0.05, 0) is 51.7 Å². The summed E-state index contributed by atoms with van der Waals surface area (Å²) in [6.45, 7) is 0. The Balaban J connectivity index is 2.11. The predicted octanol–water partition coefficient (Wildman–Crippen LogP) is 3.63. The number of aliphatic hydroxyl groups excluding tert-OH is 1. The Labute approximate surface area is 107 Å². The molecule has 1 aromatic heterocycles. The highest BCUT2D eigenvalue weighted by Crippen LogP contribution is 2.22. The SMILES string of the molecule is OC(Cc1cccs1)c1cccc(I)c1. The van der Waals surface area contributed by atoms with Crippen LogP contribution in [0.4, 0.5) is 0 Å². The van der Waals surface area contributed by atoms with Gasteiger partial charge in [0.25, 0.3) is 0 Å². The Bertz CT molecular complexity index is 425. The fourth-order valence-electron chi connectivity index (χ4n) is 1.45. The molecule has 1 aromatic carbocycles. The molecule has 0 radical (unpaired) electrons. The molecule has 15 heavy (non-hydrogen) atoms. The van der Waals surface area contributed by atoms with Crippen LogP contribution in [0.15, 0.2) is 41.8 Å². The van der Waals surface area contributed by atoms with Gasteiger partial charge in [-0.15, -0.1) is 11.3 Å². The summed E-state index contributed by atoms with van der Waals surface area (Å²) in [5.74, 6) is 0. The lowest BCUT2D eigenvalue weighted by molar-refractivity contribution is 0.179. The number of rotatable bonds is 3. The Morgan fingerprint density at radius 1 is 1.27 bits per heavy atom. The second-order valence-corrected chi connectivity index (χ2v) is 5.63. The lowest BCUT2D eigenvalue weighted by Crippen LogP contribution is -2.00. The molecule has 0 amide bonds. The quantitative estimate of drug-likeness (QED) is 0.852. The van der Waals surface area contributed by atoms with Gasteiger partial charge in [0.05, 0.1) is 6.10 Å². The second-order valence-electron chi connectivity index (χ2n) is 3.35. The standard InChI is InChI=1S/C12H11IOS/c13-10-4-1-3-9(7-10)12(14)8-11-5-2-6-15-11/h1-7,12,14H,8H2. The fourth-order valence-corrected chi connectivity index (χ4v) is 2.76. The zero-order valence-corrected chi connectivity index (χ0v) is 11.0. The molecule has 0 aliphatic rings. The third kappa shape index (κ3) is 3.03. The van der Waals surface area contributed by atoms with Crippen LogP contribution in [-0.4, -0.2) is 5.11 Å². The number of aliphatic hydroxyl groups is 1. The summed E-state index contributed by atoms with van der Waals surface area (Å²) in [5, 5.41) is 12.1. The molecule has 1 N–H and O–H groups in total. The summed E-state index contributed by atoms with van der Waals surface area (Å²) in [7, 11) is 0. The van der Waals surface area contributed by atoms with Crippen molar-refractivity contribution >= 4 is 33.9 Å². The molecule has 0 spiro atoms. The molecular weight excluding hydrogens is 319 g/mol. The van der Waals surface area contributed by atoms with Crippen molar-refractivity contribution in [3.8, 4) is 0 Å². The van der Waals surface area contributed by atoms with E-state index in [0.29, 0.717) is 6.42 Å². The lowest BCUT2D eigenvalue weighted by atomic mass is 10.1. The predicted molar refractivity (Wildman–Crippen MR) is 72.1 cm³/mol. The van der Waals surface area contributed by atoms with E-state index >= 15 is 0 Å². The normalized spacial score (nSPS) is 12.7. The van der Waals surface area contributed by atoms with E-state index in [1.807, 2.05) is 35.7 Å². The van der Waals surface area contributed by atoms with Crippen molar-refractivity contribution in [1.82, 2.24) is 0 Å². The molecule has 1 atom stereocenters. The molecule has 1 unspecified atom stereocenters. The molecule has 0 fully saturated rings. The van der Waals surface area contributed by atoms with Gasteiger partial charge in [0.1, 0.15) is 0 Å². The largest absolute Gasteiger partial charge is 0.388 e. The van der Waals surface area contributed by atoms with E-state index in [1.54, 1.807) is 11.3 Å². The molecule has 1 heterocycles. The first kappa shape index (κ1) is 11.1. The Morgan fingerprint density at radius 3 is 2.80 bits per heavy atom. The van der Waals surface area contributed by atoms with Crippen LogP contribution in [0.2, 0.25) is 0 Å². The van der Waals surface area contributed by atoms with Crippen molar-refractivity contribution in [1.29, 1.82) is 0 Å². The van der Waals surface area contributed by atoms with E-state index in [4.69, 9.17) is 0 Å². The van der Waals surface area contributed by atoms with Crippen molar-refractivity contribution in [3.63, 3.8) is 0 Å². The molecule has 0 saturated heterocycles. The highest BCUT2D eigenvalue weighted by atomic mass is 127. The van der Waals surface area contributed by atoms with Crippen LogP contribution < -0.4 is 0 Å². The summed E-state index contributed by atoms with van der Waals surface area (Å²) in [6.07, 6.45) is 0.316. The Morgan fingerprint density at radius 2 is 2.13 bits per heavy atom. The Hall–Kier alpha value is -0.390. The lowest BCUT2D eigenvalue weighted by Gasteiger charge is -2.09. The third-order valence-corrected chi connectivity index (χ3v) is 3.78. The monoisotopic (exact) mass is 330 g/mol. The zero-order chi connectivity index (χ0) is 10.7. The molecule has 0 aliphatic heterocycles. The number of thiophene rings is 1. The van der Waals surface area contributed by atoms with Gasteiger partial charge in [0.2, 0.25) is 0 Å². The summed E-state index contributed by atoms with van der Waals surface area (Å²) in [5.41, 5.74) is 0.996. The molecule has 78 valence electrons. The zero-order valence-electron chi connectivity index (χ0n) is 8.06. The van der Waals surface area contributed by atoms with Gasteiger partial charge < -0.3 is 5.11 Å². The average molecular weight is 330 g/mol. The van der Waals surface area contributed by atoms with Gasteiger partial charge in [0.15, 0.2) is 0 Å². The van der Waals surface area contributed by atoms with Crippen LogP contribution >= 0.6 is 33.9 Å². The van der Waals surface area contributed by atoms with E-state index in [0.717, 1.165) is 9.13 Å². The van der Waals surface area contributed by atoms with Crippen molar-refractivity contribution in [2.75, 3.05) is 0 Å². The maximum atomic E-state index is 10.0. The van der Waals surface area contributed by atoms with Gasteiger partial charge in [-0.2, -0.15) is 0 Å². The minimum atomic E-state index is -0.390. The first-order chi connectivity index (χ1) is 7.25. The van der Waals surface area contributed by atoms with Crippen LogP contribution in [0.3, 0.4) is 0 Å². The topological polar surface area (TPSA) is 20.2 Å². The second kappa shape index (κ2) is 5.09. The molecule has 2 rings (SSSR count). The van der Waals surface area contributed by atoms with Crippen LogP contribution in [0.25, 0.3) is 0 Å². The molecular formula is C12H11IOS. The van der Waals surface area contributed by atoms with Crippen LogP contribution in [0, 0.1) is 3.57 Å². The van der Waals surface area contributed by atoms with Gasteiger partial charge in [0, 0.05) is 14.9 Å². The minimum Gasteiger partial charge on any atom is -0.388 e. The number of benzene rings is 1. The molecule has 0 bridgehead atoms. The summed E-state index contributed by atoms with van der Waals surface area (Å²) < 4.78 is 1.16. The smallest absolute Gasteiger partial charge is 0.0838 e. The third-order valence-electron chi connectivity index (χ3n) is 2.21. The molecule has 1 nitrogen and oxygen atoms in total. The van der Waals surface area contributed by atoms with Crippen molar-refractivity contribution in [2.45, 2.75) is 12.5 Å². The molecule has 2 aromatic rings. The van der Waals surface area contributed by atoms with E-state index < -0.39 is 6.10 Å². The van der Waals surface area contributed by atoms with E-state index in [2.05, 4.69) is 28.7 Å². The number of hydrogen-bond acceptors (Lipinski definition) is 2. The average Bonchev–Trinajstić information content (AvgIpc) is 2.70. The number of hydrogen-bond donors (Lipinski definition) is 1. The summed E-state index contributed by atoms with van der Waals surface area (Å²) in [6, 6.07) is 12.1. The van der Waals surface area contributed by atoms with E-state index in [-0.39, 0.29) is 0 Å². The highest BCUT2D eigenvalue weighted by molar-refractivity contribution is 14.1. The van der Waals surface area contributed by atoms with Crippen LogP contribution in [0.5, 0.6) is 0 Å². The van der Waals surface area contributed by atoms with Gasteiger partial charge in [-0.1, -0.05) is 18.2 Å². The van der Waals surface area contributed by atoms with Crippen LogP contribution in [-0.2, 0) is 6.42 Å². The fraction of sp³-hybridized carbons (Fsp3) is 0.167.